The van der Waals surface area contributed by atoms with Crippen LogP contribution in [0, 0.1) is 0 Å². The number of aromatic nitrogens is 5. The zero-order valence-corrected chi connectivity index (χ0v) is 18.8. The standard InChI is InChI=1S/C22H18N6O2S2/c1-12(32-22-25-19-18(27-28-22)15-8-3-4-9-16(15)23-19)20(29)26-21-24-17(11-31-21)13-6-5-7-14(10-13)30-2/h3-12H,1-2H3,(H,23,25,28)(H,24,26,29). The van der Waals surface area contributed by atoms with Crippen molar-refractivity contribution >= 4 is 56.2 Å². The summed E-state index contributed by atoms with van der Waals surface area (Å²) in [4.78, 5) is 25.0. The van der Waals surface area contributed by atoms with E-state index in [1.807, 2.05) is 53.9 Å². The molecule has 160 valence electrons. The Bertz CT molecular complexity index is 1430. The minimum absolute atomic E-state index is 0.179. The lowest BCUT2D eigenvalue weighted by atomic mass is 10.2. The van der Waals surface area contributed by atoms with Crippen molar-refractivity contribution in [3.63, 3.8) is 0 Å². The molecule has 1 atom stereocenters. The lowest BCUT2D eigenvalue weighted by molar-refractivity contribution is -0.115. The molecule has 0 radical (unpaired) electrons. The molecular formula is C22H18N6O2S2. The van der Waals surface area contributed by atoms with E-state index >= 15 is 0 Å². The quantitative estimate of drug-likeness (QED) is 0.351. The molecule has 3 heterocycles. The number of benzene rings is 2. The zero-order valence-electron chi connectivity index (χ0n) is 17.2. The van der Waals surface area contributed by atoms with Gasteiger partial charge >= 0.3 is 0 Å². The first-order chi connectivity index (χ1) is 15.6. The molecule has 0 spiro atoms. The van der Waals surface area contributed by atoms with Crippen LogP contribution in [0.3, 0.4) is 0 Å². The van der Waals surface area contributed by atoms with E-state index in [1.165, 1.54) is 23.1 Å². The number of rotatable bonds is 6. The number of nitrogens with one attached hydrogen (secondary N) is 2. The van der Waals surface area contributed by atoms with Gasteiger partial charge in [0.15, 0.2) is 10.8 Å². The summed E-state index contributed by atoms with van der Waals surface area (Å²) in [6.07, 6.45) is 0. The average Bonchev–Trinajstić information content (AvgIpc) is 3.43. The van der Waals surface area contributed by atoms with E-state index in [9.17, 15) is 4.79 Å². The van der Waals surface area contributed by atoms with Crippen molar-refractivity contribution in [2.75, 3.05) is 12.4 Å². The Morgan fingerprint density at radius 3 is 2.91 bits per heavy atom. The predicted molar refractivity (Wildman–Crippen MR) is 127 cm³/mol. The fourth-order valence-corrected chi connectivity index (χ4v) is 4.66. The zero-order chi connectivity index (χ0) is 22.1. The first kappa shape index (κ1) is 20.4. The number of fused-ring (bicyclic) bond motifs is 3. The number of amides is 1. The van der Waals surface area contributed by atoms with E-state index < -0.39 is 5.25 Å². The third-order valence-corrected chi connectivity index (χ3v) is 6.56. The minimum Gasteiger partial charge on any atom is -0.497 e. The molecule has 0 aliphatic carbocycles. The van der Waals surface area contributed by atoms with Crippen LogP contribution < -0.4 is 10.1 Å². The molecule has 5 rings (SSSR count). The molecule has 5 aromatic rings. The summed E-state index contributed by atoms with van der Waals surface area (Å²) in [5.74, 6) is 0.577. The Kier molecular flexibility index (Phi) is 5.46. The summed E-state index contributed by atoms with van der Waals surface area (Å²) < 4.78 is 5.26. The Morgan fingerprint density at radius 2 is 2.03 bits per heavy atom. The van der Waals surface area contributed by atoms with Crippen molar-refractivity contribution in [2.24, 2.45) is 0 Å². The van der Waals surface area contributed by atoms with Gasteiger partial charge in [-0.1, -0.05) is 42.1 Å². The monoisotopic (exact) mass is 462 g/mol. The highest BCUT2D eigenvalue weighted by molar-refractivity contribution is 8.00. The maximum atomic E-state index is 12.7. The SMILES string of the molecule is COc1cccc(-c2csc(NC(=O)C(C)Sc3nnc4c(n3)[nH]c3ccccc34)n2)c1. The molecule has 0 saturated carbocycles. The van der Waals surface area contributed by atoms with Crippen molar-refractivity contribution < 1.29 is 9.53 Å². The molecule has 0 fully saturated rings. The Balaban J connectivity index is 1.28. The summed E-state index contributed by atoms with van der Waals surface area (Å²) in [7, 11) is 1.63. The van der Waals surface area contributed by atoms with Crippen molar-refractivity contribution in [2.45, 2.75) is 17.3 Å². The van der Waals surface area contributed by atoms with E-state index in [4.69, 9.17) is 4.74 Å². The highest BCUT2D eigenvalue weighted by atomic mass is 32.2. The van der Waals surface area contributed by atoms with Gasteiger partial charge < -0.3 is 15.0 Å². The van der Waals surface area contributed by atoms with Gasteiger partial charge in [0.05, 0.1) is 18.1 Å². The van der Waals surface area contributed by atoms with E-state index in [0.29, 0.717) is 15.9 Å². The average molecular weight is 463 g/mol. The summed E-state index contributed by atoms with van der Waals surface area (Å²) in [6, 6.07) is 15.5. The van der Waals surface area contributed by atoms with E-state index in [2.05, 4.69) is 30.5 Å². The van der Waals surface area contributed by atoms with Crippen LogP contribution in [0.1, 0.15) is 6.92 Å². The highest BCUT2D eigenvalue weighted by Crippen LogP contribution is 2.29. The molecule has 3 aromatic heterocycles. The molecule has 32 heavy (non-hydrogen) atoms. The molecule has 2 aromatic carbocycles. The second-order valence-electron chi connectivity index (χ2n) is 6.98. The summed E-state index contributed by atoms with van der Waals surface area (Å²) in [5, 5.41) is 14.8. The summed E-state index contributed by atoms with van der Waals surface area (Å²) in [6.45, 7) is 1.80. The van der Waals surface area contributed by atoms with Crippen LogP contribution >= 0.6 is 23.1 Å². The molecule has 8 nitrogen and oxygen atoms in total. The number of hydrogen-bond donors (Lipinski definition) is 2. The number of anilines is 1. The molecule has 0 bridgehead atoms. The topological polar surface area (TPSA) is 106 Å². The molecular weight excluding hydrogens is 444 g/mol. The molecule has 2 N–H and O–H groups in total. The number of para-hydroxylation sites is 1. The number of hydrogen-bond acceptors (Lipinski definition) is 8. The van der Waals surface area contributed by atoms with Crippen molar-refractivity contribution in [3.05, 3.63) is 53.9 Å². The van der Waals surface area contributed by atoms with Crippen LogP contribution in [-0.4, -0.2) is 43.4 Å². The number of ether oxygens (including phenoxy) is 1. The smallest absolute Gasteiger partial charge is 0.239 e. The number of nitrogens with zero attached hydrogens (tertiary/aromatic N) is 4. The van der Waals surface area contributed by atoms with Gasteiger partial charge in [0, 0.05) is 21.8 Å². The number of aromatic amines is 1. The molecule has 1 amide bonds. The maximum Gasteiger partial charge on any atom is 0.239 e. The largest absolute Gasteiger partial charge is 0.497 e. The van der Waals surface area contributed by atoms with E-state index in [0.717, 1.165) is 33.4 Å². The number of carbonyl (C=O) groups excluding carboxylic acids is 1. The molecule has 10 heteroatoms. The summed E-state index contributed by atoms with van der Waals surface area (Å²) in [5.41, 5.74) is 4.03. The lowest BCUT2D eigenvalue weighted by Crippen LogP contribution is -2.22. The van der Waals surface area contributed by atoms with Gasteiger partial charge in [0.25, 0.3) is 0 Å². The Labute approximate surface area is 191 Å². The van der Waals surface area contributed by atoms with Crippen LogP contribution in [0.5, 0.6) is 5.75 Å². The third kappa shape index (κ3) is 4.02. The molecule has 1 unspecified atom stereocenters. The van der Waals surface area contributed by atoms with Crippen LogP contribution in [0.2, 0.25) is 0 Å². The van der Waals surface area contributed by atoms with Gasteiger partial charge in [-0.2, -0.15) is 0 Å². The van der Waals surface area contributed by atoms with Crippen LogP contribution in [0.25, 0.3) is 33.3 Å². The molecule has 0 saturated heterocycles. The first-order valence-electron chi connectivity index (χ1n) is 9.79. The second kappa shape index (κ2) is 8.56. The number of thiazole rings is 1. The van der Waals surface area contributed by atoms with Crippen LogP contribution in [0.4, 0.5) is 5.13 Å². The Morgan fingerprint density at radius 1 is 1.16 bits per heavy atom. The second-order valence-corrected chi connectivity index (χ2v) is 9.15. The maximum absolute atomic E-state index is 12.7. The van der Waals surface area contributed by atoms with E-state index in [-0.39, 0.29) is 5.91 Å². The van der Waals surface area contributed by atoms with Gasteiger partial charge in [0.1, 0.15) is 11.3 Å². The first-order valence-corrected chi connectivity index (χ1v) is 11.6. The van der Waals surface area contributed by atoms with Crippen LogP contribution in [0.15, 0.2) is 59.1 Å². The number of thioether (sulfide) groups is 1. The van der Waals surface area contributed by atoms with Gasteiger partial charge in [-0.3, -0.25) is 4.79 Å². The number of methoxy groups -OCH3 is 1. The van der Waals surface area contributed by atoms with Gasteiger partial charge in [-0.05, 0) is 25.1 Å². The fourth-order valence-electron chi connectivity index (χ4n) is 3.22. The van der Waals surface area contributed by atoms with E-state index in [1.54, 1.807) is 14.0 Å². The van der Waals surface area contributed by atoms with Gasteiger partial charge in [-0.15, -0.1) is 21.5 Å². The lowest BCUT2D eigenvalue weighted by Gasteiger charge is -2.08. The predicted octanol–water partition coefficient (Wildman–Crippen LogP) is 4.76. The molecule has 0 aliphatic heterocycles. The van der Waals surface area contributed by atoms with Crippen LogP contribution in [-0.2, 0) is 4.79 Å². The minimum atomic E-state index is -0.428. The normalized spacial score (nSPS) is 12.2. The molecule has 0 aliphatic rings. The van der Waals surface area contributed by atoms with Gasteiger partial charge in [-0.25, -0.2) is 9.97 Å². The fraction of sp³-hybridized carbons (Fsp3) is 0.136. The third-order valence-electron chi connectivity index (χ3n) is 4.85. The van der Waals surface area contributed by atoms with Crippen molar-refractivity contribution in [3.8, 4) is 17.0 Å². The Hall–Kier alpha value is -3.50. The summed E-state index contributed by atoms with van der Waals surface area (Å²) >= 11 is 2.62. The number of carbonyl (C=O) groups is 1. The number of H-pyrrole nitrogens is 1. The van der Waals surface area contributed by atoms with Gasteiger partial charge in [0.2, 0.25) is 11.1 Å². The highest BCUT2D eigenvalue weighted by Gasteiger charge is 2.19. The van der Waals surface area contributed by atoms with Crippen molar-refractivity contribution in [1.29, 1.82) is 0 Å². The van der Waals surface area contributed by atoms with Crippen molar-refractivity contribution in [1.82, 2.24) is 25.1 Å².